The quantitative estimate of drug-likeness (QED) is 0.785. The van der Waals surface area contributed by atoms with Gasteiger partial charge in [0.1, 0.15) is 11.5 Å². The van der Waals surface area contributed by atoms with Gasteiger partial charge in [0.15, 0.2) is 5.82 Å². The molecule has 0 saturated carbocycles. The number of hydrogen-bond donors (Lipinski definition) is 1. The van der Waals surface area contributed by atoms with Gasteiger partial charge in [0.2, 0.25) is 0 Å². The number of aromatic nitrogens is 3. The summed E-state index contributed by atoms with van der Waals surface area (Å²) in [5.74, 6) is -0.110. The van der Waals surface area contributed by atoms with E-state index >= 15 is 0 Å². The molecule has 0 amide bonds. The molecule has 0 radical (unpaired) electrons. The summed E-state index contributed by atoms with van der Waals surface area (Å²) < 4.78 is 12.9. The lowest BCUT2D eigenvalue weighted by atomic mass is 10.1. The monoisotopic (exact) mass is 281 g/mol. The normalized spacial score (nSPS) is 10.6. The molecule has 1 N–H and O–H groups in total. The van der Waals surface area contributed by atoms with E-state index in [1.807, 2.05) is 30.3 Å². The van der Waals surface area contributed by atoms with Gasteiger partial charge in [0, 0.05) is 11.1 Å². The number of rotatable bonds is 2. The standard InChI is InChI=1S/C16H12FN3O/c1-10-14(11-5-3-2-4-6-11)19-15(20-16(10)21)13-8-7-12(17)9-18-13/h2-9H,1H3,(H,19,20,21). The second kappa shape index (κ2) is 5.28. The van der Waals surface area contributed by atoms with Crippen molar-refractivity contribution in [1.82, 2.24) is 15.0 Å². The Labute approximate surface area is 120 Å². The molecule has 3 aromatic rings. The van der Waals surface area contributed by atoms with Crippen molar-refractivity contribution in [2.24, 2.45) is 0 Å². The van der Waals surface area contributed by atoms with Crippen molar-refractivity contribution in [3.05, 3.63) is 70.4 Å². The smallest absolute Gasteiger partial charge is 0.254 e. The summed E-state index contributed by atoms with van der Waals surface area (Å²) in [6, 6.07) is 12.2. The molecule has 0 atom stereocenters. The van der Waals surface area contributed by atoms with Crippen molar-refractivity contribution < 1.29 is 4.39 Å². The average molecular weight is 281 g/mol. The number of H-pyrrole nitrogens is 1. The van der Waals surface area contributed by atoms with Gasteiger partial charge < -0.3 is 4.98 Å². The summed E-state index contributed by atoms with van der Waals surface area (Å²) in [6.07, 6.45) is 1.09. The maximum Gasteiger partial charge on any atom is 0.254 e. The zero-order chi connectivity index (χ0) is 14.8. The van der Waals surface area contributed by atoms with E-state index in [2.05, 4.69) is 15.0 Å². The fraction of sp³-hybridized carbons (Fsp3) is 0.0625. The Morgan fingerprint density at radius 3 is 2.52 bits per heavy atom. The average Bonchev–Trinajstić information content (AvgIpc) is 2.51. The number of pyridine rings is 1. The topological polar surface area (TPSA) is 58.6 Å². The van der Waals surface area contributed by atoms with Crippen LogP contribution in [0.1, 0.15) is 5.56 Å². The minimum absolute atomic E-state index is 0.232. The van der Waals surface area contributed by atoms with Crippen LogP contribution in [0, 0.1) is 12.7 Å². The molecule has 4 nitrogen and oxygen atoms in total. The van der Waals surface area contributed by atoms with Crippen LogP contribution in [0.2, 0.25) is 0 Å². The summed E-state index contributed by atoms with van der Waals surface area (Å²) in [6.45, 7) is 1.72. The summed E-state index contributed by atoms with van der Waals surface area (Å²) in [4.78, 5) is 23.2. The molecular formula is C16H12FN3O. The van der Waals surface area contributed by atoms with E-state index in [0.29, 0.717) is 22.8 Å². The predicted molar refractivity (Wildman–Crippen MR) is 78.2 cm³/mol. The Balaban J connectivity index is 2.19. The highest BCUT2D eigenvalue weighted by Crippen LogP contribution is 2.21. The van der Waals surface area contributed by atoms with Crippen LogP contribution in [0.5, 0.6) is 0 Å². The third-order valence-electron chi connectivity index (χ3n) is 3.17. The molecular weight excluding hydrogens is 269 g/mol. The lowest BCUT2D eigenvalue weighted by molar-refractivity contribution is 0.621. The van der Waals surface area contributed by atoms with Crippen molar-refractivity contribution in [3.63, 3.8) is 0 Å². The van der Waals surface area contributed by atoms with Crippen LogP contribution in [0.3, 0.4) is 0 Å². The Morgan fingerprint density at radius 2 is 1.86 bits per heavy atom. The zero-order valence-electron chi connectivity index (χ0n) is 11.3. The minimum atomic E-state index is -0.434. The van der Waals surface area contributed by atoms with Crippen LogP contribution in [0.25, 0.3) is 22.8 Å². The maximum atomic E-state index is 12.9. The van der Waals surface area contributed by atoms with E-state index in [1.165, 1.54) is 12.1 Å². The zero-order valence-corrected chi connectivity index (χ0v) is 11.3. The molecule has 0 fully saturated rings. The Bertz CT molecular complexity index is 826. The first-order chi connectivity index (χ1) is 10.1. The molecule has 0 saturated heterocycles. The van der Waals surface area contributed by atoms with Crippen LogP contribution >= 0.6 is 0 Å². The molecule has 0 aliphatic carbocycles. The number of nitrogens with one attached hydrogen (secondary N) is 1. The molecule has 1 aromatic carbocycles. The SMILES string of the molecule is Cc1c(-c2ccccc2)nc(-c2ccc(F)cn2)[nH]c1=O. The third kappa shape index (κ3) is 2.58. The van der Waals surface area contributed by atoms with E-state index < -0.39 is 5.82 Å². The van der Waals surface area contributed by atoms with Gasteiger partial charge in [0.05, 0.1) is 11.9 Å². The van der Waals surface area contributed by atoms with Crippen molar-refractivity contribution in [1.29, 1.82) is 0 Å². The van der Waals surface area contributed by atoms with Gasteiger partial charge in [-0.25, -0.2) is 14.4 Å². The van der Waals surface area contributed by atoms with E-state index in [0.717, 1.165) is 11.8 Å². The van der Waals surface area contributed by atoms with Gasteiger partial charge in [-0.1, -0.05) is 30.3 Å². The number of hydrogen-bond acceptors (Lipinski definition) is 3. The lowest BCUT2D eigenvalue weighted by Gasteiger charge is -2.07. The molecule has 2 heterocycles. The largest absolute Gasteiger partial charge is 0.305 e. The fourth-order valence-electron chi connectivity index (χ4n) is 2.05. The molecule has 21 heavy (non-hydrogen) atoms. The van der Waals surface area contributed by atoms with E-state index in [1.54, 1.807) is 6.92 Å². The number of aromatic amines is 1. The summed E-state index contributed by atoms with van der Waals surface area (Å²) >= 11 is 0. The first kappa shape index (κ1) is 13.2. The fourth-order valence-corrected chi connectivity index (χ4v) is 2.05. The molecule has 2 aromatic heterocycles. The molecule has 0 bridgehead atoms. The molecule has 104 valence electrons. The van der Waals surface area contributed by atoms with Gasteiger partial charge in [-0.2, -0.15) is 0 Å². The van der Waals surface area contributed by atoms with Crippen molar-refractivity contribution >= 4 is 0 Å². The number of nitrogens with zero attached hydrogens (tertiary/aromatic N) is 2. The molecule has 0 aliphatic rings. The second-order valence-electron chi connectivity index (χ2n) is 4.62. The Hall–Kier alpha value is -2.82. The van der Waals surface area contributed by atoms with E-state index in [4.69, 9.17) is 0 Å². The van der Waals surface area contributed by atoms with E-state index in [-0.39, 0.29) is 5.56 Å². The summed E-state index contributed by atoms with van der Waals surface area (Å²) in [5.41, 5.74) is 2.17. The second-order valence-corrected chi connectivity index (χ2v) is 4.62. The molecule has 0 unspecified atom stereocenters. The van der Waals surface area contributed by atoms with Crippen LogP contribution in [0.4, 0.5) is 4.39 Å². The van der Waals surface area contributed by atoms with Crippen LogP contribution in [-0.2, 0) is 0 Å². The van der Waals surface area contributed by atoms with Crippen LogP contribution in [-0.4, -0.2) is 15.0 Å². The number of benzene rings is 1. The maximum absolute atomic E-state index is 12.9. The first-order valence-corrected chi connectivity index (χ1v) is 6.43. The molecule has 3 rings (SSSR count). The molecule has 5 heteroatoms. The van der Waals surface area contributed by atoms with Crippen molar-refractivity contribution in [2.75, 3.05) is 0 Å². The van der Waals surface area contributed by atoms with E-state index in [9.17, 15) is 9.18 Å². The van der Waals surface area contributed by atoms with Gasteiger partial charge >= 0.3 is 0 Å². The van der Waals surface area contributed by atoms with Gasteiger partial charge in [-0.05, 0) is 19.1 Å². The number of halogens is 1. The van der Waals surface area contributed by atoms with Crippen LogP contribution in [0.15, 0.2) is 53.5 Å². The van der Waals surface area contributed by atoms with Gasteiger partial charge in [-0.15, -0.1) is 0 Å². The van der Waals surface area contributed by atoms with Crippen molar-refractivity contribution in [2.45, 2.75) is 6.92 Å². The molecule has 0 spiro atoms. The summed E-state index contributed by atoms with van der Waals surface area (Å²) in [5, 5.41) is 0. The highest BCUT2D eigenvalue weighted by molar-refractivity contribution is 5.65. The highest BCUT2D eigenvalue weighted by Gasteiger charge is 2.11. The van der Waals surface area contributed by atoms with Crippen LogP contribution < -0.4 is 5.56 Å². The Morgan fingerprint density at radius 1 is 1.10 bits per heavy atom. The minimum Gasteiger partial charge on any atom is -0.305 e. The predicted octanol–water partition coefficient (Wildman–Crippen LogP) is 2.95. The van der Waals surface area contributed by atoms with Gasteiger partial charge in [-0.3, -0.25) is 4.79 Å². The first-order valence-electron chi connectivity index (χ1n) is 6.43. The highest BCUT2D eigenvalue weighted by atomic mass is 19.1. The summed E-state index contributed by atoms with van der Waals surface area (Å²) in [7, 11) is 0. The lowest BCUT2D eigenvalue weighted by Crippen LogP contribution is -2.14. The molecule has 0 aliphatic heterocycles. The third-order valence-corrected chi connectivity index (χ3v) is 3.17. The van der Waals surface area contributed by atoms with Crippen molar-refractivity contribution in [3.8, 4) is 22.8 Å². The Kier molecular flexibility index (Phi) is 3.31. The van der Waals surface area contributed by atoms with Gasteiger partial charge in [0.25, 0.3) is 5.56 Å².